The number of carboxylic acid groups (broad SMARTS) is 1. The first-order valence-electron chi connectivity index (χ1n) is 5.83. The zero-order chi connectivity index (χ0) is 13.1. The van der Waals surface area contributed by atoms with Gasteiger partial charge in [-0.2, -0.15) is 0 Å². The Hall–Kier alpha value is -1.62. The van der Waals surface area contributed by atoms with Crippen LogP contribution in [0, 0.1) is 11.8 Å². The Morgan fingerprint density at radius 3 is 2.89 bits per heavy atom. The second-order valence-electron chi connectivity index (χ2n) is 4.51. The van der Waals surface area contributed by atoms with E-state index in [0.717, 1.165) is 22.3 Å². The van der Waals surface area contributed by atoms with Crippen molar-refractivity contribution in [3.05, 3.63) is 28.0 Å². The van der Waals surface area contributed by atoms with Gasteiger partial charge >= 0.3 is 5.97 Å². The Balaban J connectivity index is 1.83. The minimum absolute atomic E-state index is 0.124. The van der Waals surface area contributed by atoms with E-state index in [9.17, 15) is 9.59 Å². The molecule has 2 N–H and O–H groups in total. The quantitative estimate of drug-likeness (QED) is 0.801. The first-order valence-corrected chi connectivity index (χ1v) is 6.65. The largest absolute Gasteiger partial charge is 0.478 e. The van der Waals surface area contributed by atoms with Crippen LogP contribution in [0.4, 0.5) is 0 Å². The molecule has 2 unspecified atom stereocenters. The lowest BCUT2D eigenvalue weighted by atomic mass is 10.3. The number of carbonyl (C=O) groups is 2. The monoisotopic (exact) mass is 265 g/mol. The fourth-order valence-corrected chi connectivity index (χ4v) is 2.58. The molecule has 5 heteroatoms. The molecule has 0 saturated heterocycles. The second-order valence-corrected chi connectivity index (χ2v) is 5.71. The van der Waals surface area contributed by atoms with Crippen molar-refractivity contribution in [3.63, 3.8) is 0 Å². The molecule has 4 nitrogen and oxygen atoms in total. The summed E-state index contributed by atoms with van der Waals surface area (Å²) in [5.41, 5.74) is 0. The fourth-order valence-electron chi connectivity index (χ4n) is 1.73. The summed E-state index contributed by atoms with van der Waals surface area (Å²) in [5, 5.41) is 11.4. The van der Waals surface area contributed by atoms with E-state index in [2.05, 4.69) is 12.2 Å². The summed E-state index contributed by atoms with van der Waals surface area (Å²) in [4.78, 5) is 23.9. The molecule has 0 aliphatic heterocycles. The molecule has 0 radical (unpaired) electrons. The van der Waals surface area contributed by atoms with E-state index in [1.165, 1.54) is 11.3 Å². The SMILES string of the molecule is CC1CC1C(=O)NCc1ccc(C=CC(=O)O)s1. The zero-order valence-corrected chi connectivity index (χ0v) is 10.9. The lowest BCUT2D eigenvalue weighted by Crippen LogP contribution is -2.24. The number of amides is 1. The van der Waals surface area contributed by atoms with Gasteiger partial charge in [0.05, 0.1) is 6.54 Å². The van der Waals surface area contributed by atoms with Gasteiger partial charge < -0.3 is 10.4 Å². The average Bonchev–Trinajstić information content (AvgIpc) is 2.89. The van der Waals surface area contributed by atoms with Crippen LogP contribution in [0.5, 0.6) is 0 Å². The molecular weight excluding hydrogens is 250 g/mol. The third-order valence-corrected chi connectivity index (χ3v) is 4.01. The molecule has 2 atom stereocenters. The van der Waals surface area contributed by atoms with Crippen LogP contribution in [0.15, 0.2) is 18.2 Å². The van der Waals surface area contributed by atoms with E-state index in [1.807, 2.05) is 12.1 Å². The van der Waals surface area contributed by atoms with Crippen molar-refractivity contribution in [3.8, 4) is 0 Å². The third-order valence-electron chi connectivity index (χ3n) is 2.96. The normalized spacial score (nSPS) is 22.1. The van der Waals surface area contributed by atoms with Gasteiger partial charge in [0.25, 0.3) is 0 Å². The molecule has 1 amide bonds. The zero-order valence-electron chi connectivity index (χ0n) is 10.1. The highest BCUT2D eigenvalue weighted by atomic mass is 32.1. The van der Waals surface area contributed by atoms with Gasteiger partial charge in [-0.25, -0.2) is 4.79 Å². The maximum atomic E-state index is 11.6. The molecule has 1 saturated carbocycles. The van der Waals surface area contributed by atoms with Crippen molar-refractivity contribution in [2.45, 2.75) is 19.9 Å². The molecule has 18 heavy (non-hydrogen) atoms. The average molecular weight is 265 g/mol. The second kappa shape index (κ2) is 5.35. The summed E-state index contributed by atoms with van der Waals surface area (Å²) in [6.07, 6.45) is 3.66. The number of hydrogen-bond acceptors (Lipinski definition) is 3. The summed E-state index contributed by atoms with van der Waals surface area (Å²) in [6, 6.07) is 3.76. The Morgan fingerprint density at radius 2 is 2.28 bits per heavy atom. The van der Waals surface area contributed by atoms with Crippen molar-refractivity contribution in [1.82, 2.24) is 5.32 Å². The number of carboxylic acids is 1. The molecule has 1 fully saturated rings. The Morgan fingerprint density at radius 1 is 1.56 bits per heavy atom. The Labute approximate surface area is 109 Å². The van der Waals surface area contributed by atoms with Gasteiger partial charge in [-0.05, 0) is 30.5 Å². The summed E-state index contributed by atoms with van der Waals surface area (Å²) >= 11 is 1.48. The highest BCUT2D eigenvalue weighted by Crippen LogP contribution is 2.37. The summed E-state index contributed by atoms with van der Waals surface area (Å²) in [6.45, 7) is 2.60. The molecule has 1 heterocycles. The molecule has 96 valence electrons. The molecule has 2 rings (SSSR count). The molecular formula is C13H15NO3S. The maximum absolute atomic E-state index is 11.6. The molecule has 0 spiro atoms. The predicted octanol–water partition coefficient (Wildman–Crippen LogP) is 2.12. The van der Waals surface area contributed by atoms with Crippen LogP contribution in [0.25, 0.3) is 6.08 Å². The van der Waals surface area contributed by atoms with Crippen molar-refractivity contribution in [2.24, 2.45) is 11.8 Å². The van der Waals surface area contributed by atoms with Gasteiger partial charge in [-0.1, -0.05) is 6.92 Å². The number of thiophene rings is 1. The van der Waals surface area contributed by atoms with Crippen LogP contribution in [-0.2, 0) is 16.1 Å². The molecule has 0 bridgehead atoms. The van der Waals surface area contributed by atoms with Gasteiger partial charge in [0, 0.05) is 21.7 Å². The minimum Gasteiger partial charge on any atom is -0.478 e. The lowest BCUT2D eigenvalue weighted by Gasteiger charge is -2.01. The van der Waals surface area contributed by atoms with E-state index in [-0.39, 0.29) is 11.8 Å². The number of rotatable bonds is 5. The van der Waals surface area contributed by atoms with Crippen molar-refractivity contribution >= 4 is 29.3 Å². The lowest BCUT2D eigenvalue weighted by molar-refractivity contribution is -0.131. The van der Waals surface area contributed by atoms with Gasteiger partial charge in [-0.3, -0.25) is 4.79 Å². The van der Waals surface area contributed by atoms with E-state index in [0.29, 0.717) is 12.5 Å². The van der Waals surface area contributed by atoms with Crippen LogP contribution in [0.2, 0.25) is 0 Å². The Kier molecular flexibility index (Phi) is 3.81. The first kappa shape index (κ1) is 12.8. The summed E-state index contributed by atoms with van der Waals surface area (Å²) in [5.74, 6) is -0.127. The number of hydrogen-bond donors (Lipinski definition) is 2. The summed E-state index contributed by atoms with van der Waals surface area (Å²) < 4.78 is 0. The fraction of sp³-hybridized carbons (Fsp3) is 0.385. The predicted molar refractivity (Wildman–Crippen MR) is 70.1 cm³/mol. The van der Waals surface area contributed by atoms with Gasteiger partial charge in [0.1, 0.15) is 0 Å². The number of nitrogens with one attached hydrogen (secondary N) is 1. The standard InChI is InChI=1S/C13H15NO3S/c1-8-6-11(8)13(17)14-7-10-3-2-9(18-10)4-5-12(15)16/h2-5,8,11H,6-7H2,1H3,(H,14,17)(H,15,16). The number of carbonyl (C=O) groups excluding carboxylic acids is 1. The smallest absolute Gasteiger partial charge is 0.328 e. The van der Waals surface area contributed by atoms with E-state index in [4.69, 9.17) is 5.11 Å². The maximum Gasteiger partial charge on any atom is 0.328 e. The molecule has 1 aromatic heterocycles. The third kappa shape index (κ3) is 3.43. The van der Waals surface area contributed by atoms with Crippen LogP contribution in [-0.4, -0.2) is 17.0 Å². The van der Waals surface area contributed by atoms with Crippen molar-refractivity contribution in [2.75, 3.05) is 0 Å². The van der Waals surface area contributed by atoms with E-state index < -0.39 is 5.97 Å². The van der Waals surface area contributed by atoms with Gasteiger partial charge in [0.2, 0.25) is 5.91 Å². The highest BCUT2D eigenvalue weighted by molar-refractivity contribution is 7.12. The van der Waals surface area contributed by atoms with E-state index in [1.54, 1.807) is 6.08 Å². The van der Waals surface area contributed by atoms with Crippen LogP contribution in [0.1, 0.15) is 23.1 Å². The van der Waals surface area contributed by atoms with Gasteiger partial charge in [-0.15, -0.1) is 11.3 Å². The molecule has 1 aliphatic carbocycles. The topological polar surface area (TPSA) is 66.4 Å². The van der Waals surface area contributed by atoms with E-state index >= 15 is 0 Å². The van der Waals surface area contributed by atoms with Crippen LogP contribution in [0.3, 0.4) is 0 Å². The van der Waals surface area contributed by atoms with Crippen LogP contribution >= 0.6 is 11.3 Å². The Bertz CT molecular complexity index is 492. The molecule has 1 aromatic rings. The summed E-state index contributed by atoms with van der Waals surface area (Å²) in [7, 11) is 0. The van der Waals surface area contributed by atoms with Crippen LogP contribution < -0.4 is 5.32 Å². The van der Waals surface area contributed by atoms with Crippen molar-refractivity contribution in [1.29, 1.82) is 0 Å². The molecule has 1 aliphatic rings. The minimum atomic E-state index is -0.957. The van der Waals surface area contributed by atoms with Crippen molar-refractivity contribution < 1.29 is 14.7 Å². The molecule has 0 aromatic carbocycles. The highest BCUT2D eigenvalue weighted by Gasteiger charge is 2.38. The van der Waals surface area contributed by atoms with Gasteiger partial charge in [0.15, 0.2) is 0 Å². The first-order chi connectivity index (χ1) is 8.56. The number of aliphatic carboxylic acids is 1.